The summed E-state index contributed by atoms with van der Waals surface area (Å²) in [5, 5.41) is 0. The van der Waals surface area contributed by atoms with Crippen LogP contribution in [0.3, 0.4) is 0 Å². The van der Waals surface area contributed by atoms with Gasteiger partial charge in [0.2, 0.25) is 3.79 Å². The Morgan fingerprint density at radius 2 is 1.80 bits per heavy atom. The molecule has 0 atom stereocenters. The molecule has 1 aromatic rings. The quantitative estimate of drug-likeness (QED) is 0.589. The molecule has 0 unspecified atom stereocenters. The van der Waals surface area contributed by atoms with Gasteiger partial charge >= 0.3 is 0 Å². The maximum Gasteiger partial charge on any atom is 0.213 e. The Morgan fingerprint density at radius 1 is 1.13 bits per heavy atom. The van der Waals surface area contributed by atoms with Gasteiger partial charge in [0.25, 0.3) is 0 Å². The van der Waals surface area contributed by atoms with Crippen molar-refractivity contribution in [3.05, 3.63) is 42.0 Å². The number of rotatable bonds is 4. The molecule has 4 heteroatoms. The number of alkyl halides is 3. The average molecular weight is 266 g/mol. The third-order valence-electron chi connectivity index (χ3n) is 1.59. The maximum atomic E-state index is 5.51. The van der Waals surface area contributed by atoms with Crippen LogP contribution in [0.2, 0.25) is 0 Å². The van der Waals surface area contributed by atoms with E-state index in [4.69, 9.17) is 39.5 Å². The Hall–Kier alpha value is -0.210. The summed E-state index contributed by atoms with van der Waals surface area (Å²) in [7, 11) is 0. The molecule has 0 spiro atoms. The molecular formula is C11H11Cl3O. The van der Waals surface area contributed by atoms with Gasteiger partial charge in [-0.3, -0.25) is 0 Å². The van der Waals surface area contributed by atoms with Crippen LogP contribution in [0.5, 0.6) is 0 Å². The highest BCUT2D eigenvalue weighted by atomic mass is 35.6. The molecule has 1 aromatic carbocycles. The summed E-state index contributed by atoms with van der Waals surface area (Å²) in [5.41, 5.74) is 1.12. The van der Waals surface area contributed by atoms with Gasteiger partial charge in [-0.25, -0.2) is 0 Å². The van der Waals surface area contributed by atoms with E-state index >= 15 is 0 Å². The number of benzene rings is 1. The normalized spacial score (nSPS) is 12.2. The Kier molecular flexibility index (Phi) is 5.48. The zero-order chi connectivity index (χ0) is 11.1. The van der Waals surface area contributed by atoms with E-state index in [1.165, 1.54) is 0 Å². The van der Waals surface area contributed by atoms with Crippen LogP contribution >= 0.6 is 34.8 Å². The lowest BCUT2D eigenvalue weighted by Crippen LogP contribution is -2.12. The van der Waals surface area contributed by atoms with Gasteiger partial charge < -0.3 is 4.74 Å². The standard InChI is InChI=1S/C11H11Cl3O/c12-11(13,14)9-15-8-4-7-10-5-2-1-3-6-10/h1-7H,8-9H2/b7-4+. The molecule has 0 saturated heterocycles. The fraction of sp³-hybridized carbons (Fsp3) is 0.273. The minimum atomic E-state index is -1.33. The van der Waals surface area contributed by atoms with E-state index in [0.717, 1.165) is 5.56 Å². The molecule has 1 nitrogen and oxygen atoms in total. The largest absolute Gasteiger partial charge is 0.373 e. The lowest BCUT2D eigenvalue weighted by atomic mass is 10.2. The van der Waals surface area contributed by atoms with Crippen LogP contribution in [0.15, 0.2) is 36.4 Å². The lowest BCUT2D eigenvalue weighted by Gasteiger charge is -2.09. The predicted molar refractivity (Wildman–Crippen MR) is 66.6 cm³/mol. The van der Waals surface area contributed by atoms with Crippen molar-refractivity contribution in [2.45, 2.75) is 3.79 Å². The van der Waals surface area contributed by atoms with Gasteiger partial charge in [0.15, 0.2) is 0 Å². The SMILES string of the molecule is ClC(Cl)(Cl)COC/C=C/c1ccccc1. The smallest absolute Gasteiger partial charge is 0.213 e. The van der Waals surface area contributed by atoms with Gasteiger partial charge in [-0.1, -0.05) is 77.3 Å². The fourth-order valence-corrected chi connectivity index (χ4v) is 1.22. The molecular weight excluding hydrogens is 254 g/mol. The molecule has 82 valence electrons. The van der Waals surface area contributed by atoms with Crippen LogP contribution in [0.1, 0.15) is 5.56 Å². The molecule has 0 aliphatic carbocycles. The van der Waals surface area contributed by atoms with Gasteiger partial charge in [-0.15, -0.1) is 0 Å². The minimum absolute atomic E-state index is 0.0940. The second-order valence-corrected chi connectivity index (χ2v) is 5.46. The Balaban J connectivity index is 2.24. The molecule has 0 aromatic heterocycles. The highest BCUT2D eigenvalue weighted by molar-refractivity contribution is 6.67. The van der Waals surface area contributed by atoms with Crippen molar-refractivity contribution in [2.75, 3.05) is 13.2 Å². The topological polar surface area (TPSA) is 9.23 Å². The summed E-state index contributed by atoms with van der Waals surface area (Å²) in [5.74, 6) is 0. The second kappa shape index (κ2) is 6.39. The maximum absolute atomic E-state index is 5.51. The monoisotopic (exact) mass is 264 g/mol. The summed E-state index contributed by atoms with van der Waals surface area (Å²) in [6.07, 6.45) is 3.84. The fourth-order valence-electron chi connectivity index (χ4n) is 0.991. The van der Waals surface area contributed by atoms with Gasteiger partial charge in [-0.05, 0) is 5.56 Å². The highest BCUT2D eigenvalue weighted by Crippen LogP contribution is 2.25. The van der Waals surface area contributed by atoms with E-state index in [2.05, 4.69) is 0 Å². The second-order valence-electron chi connectivity index (χ2n) is 2.94. The average Bonchev–Trinajstić information content (AvgIpc) is 2.17. The Bertz CT molecular complexity index is 303. The Morgan fingerprint density at radius 3 is 2.40 bits per heavy atom. The van der Waals surface area contributed by atoms with Crippen molar-refractivity contribution < 1.29 is 4.74 Å². The van der Waals surface area contributed by atoms with Crippen molar-refractivity contribution >= 4 is 40.9 Å². The minimum Gasteiger partial charge on any atom is -0.373 e. The number of hydrogen-bond donors (Lipinski definition) is 0. The molecule has 0 heterocycles. The van der Waals surface area contributed by atoms with Crippen LogP contribution in [0.25, 0.3) is 6.08 Å². The molecule has 0 radical (unpaired) electrons. The molecule has 1 rings (SSSR count). The highest BCUT2D eigenvalue weighted by Gasteiger charge is 2.18. The molecule has 0 bridgehead atoms. The molecule has 0 amide bonds. The van der Waals surface area contributed by atoms with Crippen molar-refractivity contribution in [3.8, 4) is 0 Å². The predicted octanol–water partition coefficient (Wildman–Crippen LogP) is 4.09. The molecule has 0 aliphatic rings. The van der Waals surface area contributed by atoms with E-state index in [0.29, 0.717) is 6.61 Å². The number of ether oxygens (including phenoxy) is 1. The zero-order valence-electron chi connectivity index (χ0n) is 8.00. The summed E-state index contributed by atoms with van der Waals surface area (Å²) < 4.78 is 3.80. The van der Waals surface area contributed by atoms with Gasteiger partial charge in [0.05, 0.1) is 13.2 Å². The van der Waals surface area contributed by atoms with Crippen LogP contribution in [0.4, 0.5) is 0 Å². The summed E-state index contributed by atoms with van der Waals surface area (Å²) >= 11 is 16.5. The molecule has 0 N–H and O–H groups in total. The number of hydrogen-bond acceptors (Lipinski definition) is 1. The first-order valence-corrected chi connectivity index (χ1v) is 5.57. The van der Waals surface area contributed by atoms with Crippen molar-refractivity contribution in [3.63, 3.8) is 0 Å². The van der Waals surface area contributed by atoms with Gasteiger partial charge in [0, 0.05) is 0 Å². The van der Waals surface area contributed by atoms with Gasteiger partial charge in [-0.2, -0.15) is 0 Å². The lowest BCUT2D eigenvalue weighted by molar-refractivity contribution is 0.168. The number of halogens is 3. The van der Waals surface area contributed by atoms with E-state index in [1.54, 1.807) is 0 Å². The van der Waals surface area contributed by atoms with E-state index in [9.17, 15) is 0 Å². The first kappa shape index (κ1) is 12.9. The molecule has 0 fully saturated rings. The molecule has 0 aliphatic heterocycles. The van der Waals surface area contributed by atoms with Crippen LogP contribution in [-0.4, -0.2) is 17.0 Å². The van der Waals surface area contributed by atoms with Crippen molar-refractivity contribution in [1.82, 2.24) is 0 Å². The molecule has 15 heavy (non-hydrogen) atoms. The summed E-state index contributed by atoms with van der Waals surface area (Å²) in [6, 6.07) is 9.93. The Labute approximate surface area is 105 Å². The summed E-state index contributed by atoms with van der Waals surface area (Å²) in [4.78, 5) is 0. The van der Waals surface area contributed by atoms with Crippen LogP contribution in [0, 0.1) is 0 Å². The van der Waals surface area contributed by atoms with Crippen LogP contribution < -0.4 is 0 Å². The molecule has 0 saturated carbocycles. The third kappa shape index (κ3) is 6.80. The van der Waals surface area contributed by atoms with E-state index < -0.39 is 3.79 Å². The zero-order valence-corrected chi connectivity index (χ0v) is 10.3. The van der Waals surface area contributed by atoms with Crippen molar-refractivity contribution in [1.29, 1.82) is 0 Å². The summed E-state index contributed by atoms with van der Waals surface area (Å²) in [6.45, 7) is 0.527. The first-order chi connectivity index (χ1) is 7.08. The van der Waals surface area contributed by atoms with E-state index in [1.807, 2.05) is 42.5 Å². The van der Waals surface area contributed by atoms with Crippen molar-refractivity contribution in [2.24, 2.45) is 0 Å². The third-order valence-corrected chi connectivity index (χ3v) is 1.92. The van der Waals surface area contributed by atoms with E-state index in [-0.39, 0.29) is 6.61 Å². The van der Waals surface area contributed by atoms with Crippen LogP contribution in [-0.2, 0) is 4.74 Å². The van der Waals surface area contributed by atoms with Gasteiger partial charge in [0.1, 0.15) is 0 Å². The first-order valence-electron chi connectivity index (χ1n) is 4.44.